The molecule has 0 atom stereocenters. The Morgan fingerprint density at radius 1 is 0.650 bits per heavy atom. The molecule has 13 nitrogen and oxygen atoms in total. The van der Waals surface area contributed by atoms with Gasteiger partial charge in [-0.05, 0) is 43.6 Å². The van der Waals surface area contributed by atoms with Crippen molar-refractivity contribution in [3.05, 3.63) is 105 Å². The van der Waals surface area contributed by atoms with Gasteiger partial charge in [-0.2, -0.15) is 0 Å². The van der Waals surface area contributed by atoms with Crippen LogP contribution in [0, 0.1) is 20.2 Å². The van der Waals surface area contributed by atoms with Crippen molar-refractivity contribution >= 4 is 31.4 Å². The van der Waals surface area contributed by atoms with Gasteiger partial charge < -0.3 is 0 Å². The van der Waals surface area contributed by atoms with E-state index in [9.17, 15) is 37.1 Å². The maximum Gasteiger partial charge on any atom is 0.270 e. The van der Waals surface area contributed by atoms with Crippen molar-refractivity contribution < 1.29 is 26.7 Å². The molecule has 3 rings (SSSR count). The Kier molecular flexibility index (Phi) is 10.8. The summed E-state index contributed by atoms with van der Waals surface area (Å²) in [5.41, 5.74) is 0.382. The predicted octanol–water partition coefficient (Wildman–Crippen LogP) is 3.04. The van der Waals surface area contributed by atoms with Crippen molar-refractivity contribution in [2.75, 3.05) is 26.2 Å². The molecule has 0 saturated carbocycles. The summed E-state index contributed by atoms with van der Waals surface area (Å²) in [5, 5.41) is 21.9. The lowest BCUT2D eigenvalue weighted by Crippen LogP contribution is -2.32. The highest BCUT2D eigenvalue weighted by atomic mass is 32.2. The summed E-state index contributed by atoms with van der Waals surface area (Å²) in [4.78, 5) is 22.3. The molecular formula is C25H29N5O8S2. The molecule has 0 spiro atoms. The fraction of sp³-hybridized carbons (Fsp3) is 0.280. The van der Waals surface area contributed by atoms with Crippen LogP contribution in [-0.2, 0) is 26.6 Å². The van der Waals surface area contributed by atoms with Crippen LogP contribution in [0.25, 0.3) is 0 Å². The van der Waals surface area contributed by atoms with Crippen molar-refractivity contribution in [1.29, 1.82) is 0 Å². The van der Waals surface area contributed by atoms with Crippen LogP contribution in [0.15, 0.2) is 88.7 Å². The zero-order chi connectivity index (χ0) is 29.2. The van der Waals surface area contributed by atoms with Crippen LogP contribution in [0.2, 0.25) is 0 Å². The van der Waals surface area contributed by atoms with E-state index in [0.29, 0.717) is 32.5 Å². The zero-order valence-corrected chi connectivity index (χ0v) is 23.0. The molecule has 0 aliphatic heterocycles. The van der Waals surface area contributed by atoms with E-state index < -0.39 is 29.9 Å². The second kappa shape index (κ2) is 14.0. The van der Waals surface area contributed by atoms with Gasteiger partial charge in [-0.25, -0.2) is 26.3 Å². The Morgan fingerprint density at radius 2 is 1.10 bits per heavy atom. The van der Waals surface area contributed by atoms with Crippen LogP contribution in [0.5, 0.6) is 0 Å². The highest BCUT2D eigenvalue weighted by Crippen LogP contribution is 2.18. The predicted molar refractivity (Wildman–Crippen MR) is 148 cm³/mol. The van der Waals surface area contributed by atoms with Gasteiger partial charge in [0.1, 0.15) is 0 Å². The summed E-state index contributed by atoms with van der Waals surface area (Å²) in [7, 11) is -7.87. The van der Waals surface area contributed by atoms with Crippen LogP contribution in [0.1, 0.15) is 18.4 Å². The van der Waals surface area contributed by atoms with E-state index in [-0.39, 0.29) is 34.3 Å². The number of sulfonamides is 2. The van der Waals surface area contributed by atoms with E-state index in [1.54, 1.807) is 0 Å². The molecule has 0 radical (unpaired) electrons. The molecule has 0 unspecified atom stereocenters. The van der Waals surface area contributed by atoms with Gasteiger partial charge in [0.05, 0.1) is 19.6 Å². The first kappa shape index (κ1) is 30.8. The Labute approximate surface area is 232 Å². The van der Waals surface area contributed by atoms with Gasteiger partial charge in [0.25, 0.3) is 11.4 Å². The number of nitro benzene ring substituents is 2. The topological polar surface area (TPSA) is 182 Å². The molecule has 0 aliphatic rings. The van der Waals surface area contributed by atoms with Gasteiger partial charge in [0, 0.05) is 43.9 Å². The first-order valence-electron chi connectivity index (χ1n) is 12.2. The minimum Gasteiger partial charge on any atom is -0.299 e. The normalized spacial score (nSPS) is 11.9. The van der Waals surface area contributed by atoms with E-state index in [1.807, 2.05) is 30.3 Å². The highest BCUT2D eigenvalue weighted by molar-refractivity contribution is 7.89. The third kappa shape index (κ3) is 9.17. The fourth-order valence-corrected chi connectivity index (χ4v) is 6.05. The van der Waals surface area contributed by atoms with Gasteiger partial charge in [0.15, 0.2) is 0 Å². The smallest absolute Gasteiger partial charge is 0.270 e. The Morgan fingerprint density at radius 3 is 1.52 bits per heavy atom. The monoisotopic (exact) mass is 591 g/mol. The standard InChI is InChI=1S/C25H29N5O8S2/c31-29(32)22-10-4-12-24(18-22)39(35,36)26-14-6-16-28(20-21-8-2-1-3-9-21)17-7-15-27-40(37,38)25-13-5-11-23(19-25)30(33)34/h1-5,8-13,18-19,26-27H,6-7,14-17,20H2. The third-order valence-corrected chi connectivity index (χ3v) is 8.73. The summed E-state index contributed by atoms with van der Waals surface area (Å²) >= 11 is 0. The van der Waals surface area contributed by atoms with E-state index >= 15 is 0 Å². The molecule has 2 N–H and O–H groups in total. The van der Waals surface area contributed by atoms with E-state index in [1.165, 1.54) is 36.4 Å². The summed E-state index contributed by atoms with van der Waals surface area (Å²) in [6.07, 6.45) is 0.862. The number of nitrogens with zero attached hydrogens (tertiary/aromatic N) is 3. The van der Waals surface area contributed by atoms with Crippen molar-refractivity contribution in [3.63, 3.8) is 0 Å². The van der Waals surface area contributed by atoms with Crippen molar-refractivity contribution in [2.45, 2.75) is 29.2 Å². The average molecular weight is 592 g/mol. The lowest BCUT2D eigenvalue weighted by molar-refractivity contribution is -0.385. The maximum absolute atomic E-state index is 12.6. The summed E-state index contributed by atoms with van der Waals surface area (Å²) < 4.78 is 55.2. The van der Waals surface area contributed by atoms with Crippen LogP contribution in [0.3, 0.4) is 0 Å². The molecule has 0 heterocycles. The Bertz CT molecular complexity index is 1440. The molecule has 0 saturated heterocycles. The number of nitro groups is 2. The third-order valence-electron chi connectivity index (χ3n) is 5.81. The van der Waals surface area contributed by atoms with Gasteiger partial charge >= 0.3 is 0 Å². The molecule has 40 heavy (non-hydrogen) atoms. The molecule has 0 bridgehead atoms. The molecule has 0 aliphatic carbocycles. The number of hydrogen-bond acceptors (Lipinski definition) is 9. The number of non-ortho nitro benzene ring substituents is 2. The summed E-state index contributed by atoms with van der Waals surface area (Å²) in [5.74, 6) is 0. The number of rotatable bonds is 16. The first-order valence-corrected chi connectivity index (χ1v) is 15.2. The van der Waals surface area contributed by atoms with Gasteiger partial charge in [-0.15, -0.1) is 0 Å². The molecule has 0 amide bonds. The molecule has 3 aromatic rings. The summed E-state index contributed by atoms with van der Waals surface area (Å²) in [6, 6.07) is 19.2. The molecule has 214 valence electrons. The first-order chi connectivity index (χ1) is 19.0. The average Bonchev–Trinajstić information content (AvgIpc) is 2.94. The highest BCUT2D eigenvalue weighted by Gasteiger charge is 2.19. The number of hydrogen-bond donors (Lipinski definition) is 2. The molecular weight excluding hydrogens is 562 g/mol. The molecule has 3 aromatic carbocycles. The molecule has 15 heteroatoms. The van der Waals surface area contributed by atoms with Gasteiger partial charge in [-0.1, -0.05) is 42.5 Å². The second-order valence-corrected chi connectivity index (χ2v) is 12.3. The second-order valence-electron chi connectivity index (χ2n) is 8.77. The van der Waals surface area contributed by atoms with Crippen molar-refractivity contribution in [3.8, 4) is 0 Å². The number of benzene rings is 3. The quantitative estimate of drug-likeness (QED) is 0.144. The maximum atomic E-state index is 12.6. The van der Waals surface area contributed by atoms with E-state index in [4.69, 9.17) is 0 Å². The van der Waals surface area contributed by atoms with E-state index in [0.717, 1.165) is 17.7 Å². The van der Waals surface area contributed by atoms with Crippen LogP contribution in [-0.4, -0.2) is 57.8 Å². The Hall–Kier alpha value is -3.76. The van der Waals surface area contributed by atoms with Gasteiger partial charge in [-0.3, -0.25) is 25.1 Å². The zero-order valence-electron chi connectivity index (χ0n) is 21.4. The van der Waals surface area contributed by atoms with Crippen LogP contribution >= 0.6 is 0 Å². The minimum atomic E-state index is -3.94. The lowest BCUT2D eigenvalue weighted by atomic mass is 10.2. The van der Waals surface area contributed by atoms with Gasteiger partial charge in [0.2, 0.25) is 20.0 Å². The summed E-state index contributed by atoms with van der Waals surface area (Å²) in [6.45, 7) is 1.72. The SMILES string of the molecule is O=[N+]([O-])c1cccc(S(=O)(=O)NCCCN(CCCNS(=O)(=O)c2cccc([N+](=O)[O-])c2)Cc2ccccc2)c1. The molecule has 0 aromatic heterocycles. The van der Waals surface area contributed by atoms with Crippen molar-refractivity contribution in [2.24, 2.45) is 0 Å². The minimum absolute atomic E-state index is 0.0930. The Balaban J connectivity index is 1.55. The van der Waals surface area contributed by atoms with Crippen LogP contribution < -0.4 is 9.44 Å². The number of nitrogens with one attached hydrogen (secondary N) is 2. The van der Waals surface area contributed by atoms with E-state index in [2.05, 4.69) is 14.3 Å². The lowest BCUT2D eigenvalue weighted by Gasteiger charge is -2.22. The molecule has 0 fully saturated rings. The van der Waals surface area contributed by atoms with Crippen LogP contribution in [0.4, 0.5) is 11.4 Å². The van der Waals surface area contributed by atoms with Crippen molar-refractivity contribution in [1.82, 2.24) is 14.3 Å². The fourth-order valence-electron chi connectivity index (χ4n) is 3.83. The largest absolute Gasteiger partial charge is 0.299 e.